The van der Waals surface area contributed by atoms with Crippen LogP contribution in [0.4, 0.5) is 5.82 Å². The van der Waals surface area contributed by atoms with E-state index in [0.29, 0.717) is 25.3 Å². The number of anilines is 1. The fourth-order valence-corrected chi connectivity index (χ4v) is 3.75. The van der Waals surface area contributed by atoms with Crippen LogP contribution < -0.4 is 4.90 Å². The Hall–Kier alpha value is -3.22. The molecule has 1 fully saturated rings. The van der Waals surface area contributed by atoms with Gasteiger partial charge in [0.2, 0.25) is 5.91 Å². The van der Waals surface area contributed by atoms with E-state index in [-0.39, 0.29) is 5.91 Å². The zero-order valence-corrected chi connectivity index (χ0v) is 17.2. The summed E-state index contributed by atoms with van der Waals surface area (Å²) in [6, 6.07) is 14.1. The van der Waals surface area contributed by atoms with Crippen molar-refractivity contribution < 1.29 is 4.79 Å². The van der Waals surface area contributed by atoms with Crippen molar-refractivity contribution >= 4 is 11.7 Å². The van der Waals surface area contributed by atoms with Gasteiger partial charge in [-0.3, -0.25) is 4.79 Å². The first-order valence-corrected chi connectivity index (χ1v) is 9.95. The minimum Gasteiger partial charge on any atom is -0.352 e. The molecule has 3 aromatic rings. The lowest BCUT2D eigenvalue weighted by atomic mass is 10.1. The number of hydrogen-bond acceptors (Lipinski definition) is 5. The van der Waals surface area contributed by atoms with E-state index in [0.717, 1.165) is 35.9 Å². The van der Waals surface area contributed by atoms with Crippen LogP contribution in [0.3, 0.4) is 0 Å². The van der Waals surface area contributed by atoms with Crippen molar-refractivity contribution in [3.05, 3.63) is 65.0 Å². The van der Waals surface area contributed by atoms with Crippen LogP contribution >= 0.6 is 0 Å². The molecule has 7 heteroatoms. The van der Waals surface area contributed by atoms with Crippen molar-refractivity contribution in [1.82, 2.24) is 24.9 Å². The third kappa shape index (κ3) is 4.29. The van der Waals surface area contributed by atoms with Crippen LogP contribution in [0.1, 0.15) is 22.5 Å². The molecule has 1 aliphatic heterocycles. The summed E-state index contributed by atoms with van der Waals surface area (Å²) < 4.78 is 1.80. The maximum atomic E-state index is 12.6. The van der Waals surface area contributed by atoms with E-state index >= 15 is 0 Å². The van der Waals surface area contributed by atoms with Crippen molar-refractivity contribution in [1.29, 1.82) is 0 Å². The highest BCUT2D eigenvalue weighted by Gasteiger charge is 2.22. The number of amides is 1. The molecule has 0 unspecified atom stereocenters. The Morgan fingerprint density at radius 3 is 2.28 bits per heavy atom. The minimum atomic E-state index is 0.182. The molecule has 1 aliphatic rings. The summed E-state index contributed by atoms with van der Waals surface area (Å²) in [5, 5.41) is 13.2. The molecule has 4 rings (SSSR count). The average molecular weight is 390 g/mol. The number of aromatic nitrogens is 4. The number of carbonyl (C=O) groups excluding carboxylic acids is 1. The van der Waals surface area contributed by atoms with Gasteiger partial charge in [-0.25, -0.2) is 4.68 Å². The van der Waals surface area contributed by atoms with E-state index in [4.69, 9.17) is 0 Å². The highest BCUT2D eigenvalue weighted by molar-refractivity contribution is 5.79. The second kappa shape index (κ2) is 8.03. The van der Waals surface area contributed by atoms with Crippen LogP contribution in [0.15, 0.2) is 42.5 Å². The number of rotatable bonds is 4. The lowest BCUT2D eigenvalue weighted by Crippen LogP contribution is -2.49. The van der Waals surface area contributed by atoms with Crippen molar-refractivity contribution in [3.8, 4) is 5.82 Å². The van der Waals surface area contributed by atoms with Crippen LogP contribution in [-0.2, 0) is 11.2 Å². The van der Waals surface area contributed by atoms with Crippen LogP contribution in [0, 0.1) is 20.8 Å². The Labute approximate surface area is 171 Å². The predicted octanol–water partition coefficient (Wildman–Crippen LogP) is 2.48. The minimum absolute atomic E-state index is 0.182. The topological polar surface area (TPSA) is 67.2 Å². The Morgan fingerprint density at radius 1 is 0.931 bits per heavy atom. The Morgan fingerprint density at radius 2 is 1.66 bits per heavy atom. The van der Waals surface area contributed by atoms with Gasteiger partial charge in [-0.15, -0.1) is 10.2 Å². The van der Waals surface area contributed by atoms with Crippen LogP contribution in [0.25, 0.3) is 5.82 Å². The van der Waals surface area contributed by atoms with Gasteiger partial charge in [0.25, 0.3) is 0 Å². The molecule has 0 N–H and O–H groups in total. The molecule has 0 bridgehead atoms. The molecule has 0 spiro atoms. The predicted molar refractivity (Wildman–Crippen MR) is 112 cm³/mol. The second-order valence-corrected chi connectivity index (χ2v) is 7.62. The monoisotopic (exact) mass is 390 g/mol. The molecule has 7 nitrogen and oxygen atoms in total. The maximum absolute atomic E-state index is 12.6. The molecular formula is C22H26N6O. The summed E-state index contributed by atoms with van der Waals surface area (Å²) in [5.74, 6) is 1.73. The van der Waals surface area contributed by atoms with E-state index in [2.05, 4.69) is 26.3 Å². The number of aryl methyl sites for hydroxylation is 3. The Kier molecular flexibility index (Phi) is 5.29. The number of hydrogen-bond donors (Lipinski definition) is 0. The van der Waals surface area contributed by atoms with Gasteiger partial charge in [0, 0.05) is 31.9 Å². The first kappa shape index (κ1) is 19.1. The molecule has 0 saturated carbocycles. The largest absolute Gasteiger partial charge is 0.352 e. The fraction of sp³-hybridized carbons (Fsp3) is 0.364. The van der Waals surface area contributed by atoms with Crippen LogP contribution in [0.2, 0.25) is 0 Å². The molecule has 29 heavy (non-hydrogen) atoms. The second-order valence-electron chi connectivity index (χ2n) is 7.62. The third-order valence-electron chi connectivity index (χ3n) is 5.26. The summed E-state index contributed by atoms with van der Waals surface area (Å²) >= 11 is 0. The molecule has 1 saturated heterocycles. The highest BCUT2D eigenvalue weighted by atomic mass is 16.2. The number of benzene rings is 1. The van der Waals surface area contributed by atoms with Gasteiger partial charge in [0.1, 0.15) is 0 Å². The SMILES string of the molecule is Cc1cccc(CC(=O)N2CCN(c3ccc(-n4nc(C)cc4C)nn3)CC2)c1. The van der Waals surface area contributed by atoms with Gasteiger partial charge in [-0.1, -0.05) is 29.8 Å². The van der Waals surface area contributed by atoms with Crippen molar-refractivity contribution in [2.75, 3.05) is 31.1 Å². The number of piperazine rings is 1. The molecule has 2 aromatic heterocycles. The zero-order chi connectivity index (χ0) is 20.4. The van der Waals surface area contributed by atoms with Gasteiger partial charge in [0.15, 0.2) is 11.6 Å². The van der Waals surface area contributed by atoms with Crippen molar-refractivity contribution in [2.24, 2.45) is 0 Å². The molecule has 3 heterocycles. The van der Waals surface area contributed by atoms with Gasteiger partial charge in [-0.05, 0) is 44.5 Å². The van der Waals surface area contributed by atoms with Gasteiger partial charge in [-0.2, -0.15) is 5.10 Å². The standard InChI is InChI=1S/C22H26N6O/c1-16-5-4-6-19(13-16)15-22(29)27-11-9-26(10-12-27)20-7-8-21(24-23-20)28-18(3)14-17(2)25-28/h4-8,13-14H,9-12,15H2,1-3H3. The van der Waals surface area contributed by atoms with Crippen LogP contribution in [-0.4, -0.2) is 57.0 Å². The van der Waals surface area contributed by atoms with E-state index in [1.165, 1.54) is 5.56 Å². The van der Waals surface area contributed by atoms with E-state index < -0.39 is 0 Å². The molecule has 0 aliphatic carbocycles. The lowest BCUT2D eigenvalue weighted by Gasteiger charge is -2.35. The van der Waals surface area contributed by atoms with Gasteiger partial charge in [0.05, 0.1) is 12.1 Å². The highest BCUT2D eigenvalue weighted by Crippen LogP contribution is 2.16. The lowest BCUT2D eigenvalue weighted by molar-refractivity contribution is -0.130. The Bertz CT molecular complexity index is 1000. The summed E-state index contributed by atoms with van der Waals surface area (Å²) in [6.07, 6.45) is 0.457. The molecule has 0 radical (unpaired) electrons. The summed E-state index contributed by atoms with van der Waals surface area (Å²) in [6.45, 7) is 8.93. The molecule has 150 valence electrons. The number of carbonyl (C=O) groups is 1. The summed E-state index contributed by atoms with van der Waals surface area (Å²) in [7, 11) is 0. The van der Waals surface area contributed by atoms with E-state index in [9.17, 15) is 4.79 Å². The molecular weight excluding hydrogens is 364 g/mol. The maximum Gasteiger partial charge on any atom is 0.227 e. The van der Waals surface area contributed by atoms with Gasteiger partial charge < -0.3 is 9.80 Å². The fourth-order valence-electron chi connectivity index (χ4n) is 3.75. The van der Waals surface area contributed by atoms with Crippen LogP contribution in [0.5, 0.6) is 0 Å². The van der Waals surface area contributed by atoms with E-state index in [1.807, 2.05) is 62.1 Å². The normalized spacial score (nSPS) is 14.3. The zero-order valence-electron chi connectivity index (χ0n) is 17.2. The molecule has 1 amide bonds. The average Bonchev–Trinajstić information content (AvgIpc) is 3.06. The first-order valence-electron chi connectivity index (χ1n) is 9.95. The molecule has 0 atom stereocenters. The smallest absolute Gasteiger partial charge is 0.227 e. The molecule has 1 aromatic carbocycles. The van der Waals surface area contributed by atoms with Gasteiger partial charge >= 0.3 is 0 Å². The van der Waals surface area contributed by atoms with Crippen molar-refractivity contribution in [2.45, 2.75) is 27.2 Å². The van der Waals surface area contributed by atoms with E-state index in [1.54, 1.807) is 4.68 Å². The number of nitrogens with zero attached hydrogens (tertiary/aromatic N) is 6. The summed E-state index contributed by atoms with van der Waals surface area (Å²) in [5.41, 5.74) is 4.25. The first-order chi connectivity index (χ1) is 14.0. The quantitative estimate of drug-likeness (QED) is 0.685. The third-order valence-corrected chi connectivity index (χ3v) is 5.26. The summed E-state index contributed by atoms with van der Waals surface area (Å²) in [4.78, 5) is 16.7. The van der Waals surface area contributed by atoms with Crippen molar-refractivity contribution in [3.63, 3.8) is 0 Å². The Balaban J connectivity index is 1.35.